The van der Waals surface area contributed by atoms with Crippen LogP contribution in [0.25, 0.3) is 0 Å². The van der Waals surface area contributed by atoms with Crippen LogP contribution in [0.2, 0.25) is 0 Å². The van der Waals surface area contributed by atoms with E-state index in [4.69, 9.17) is 14.0 Å². The molecule has 0 fully saturated rings. The van der Waals surface area contributed by atoms with Gasteiger partial charge < -0.3 is 19.3 Å². The first-order chi connectivity index (χ1) is 12.0. The first kappa shape index (κ1) is 16.0. The van der Waals surface area contributed by atoms with E-state index in [0.29, 0.717) is 12.2 Å². The van der Waals surface area contributed by atoms with Crippen molar-refractivity contribution in [1.82, 2.24) is 10.5 Å². The second-order valence-electron chi connectivity index (χ2n) is 7.27. The Kier molecular flexibility index (Phi) is 3.90. The maximum absolute atomic E-state index is 12.6. The van der Waals surface area contributed by atoms with E-state index >= 15 is 0 Å². The van der Waals surface area contributed by atoms with Crippen molar-refractivity contribution < 1.29 is 18.8 Å². The quantitative estimate of drug-likeness (QED) is 0.925. The maximum Gasteiger partial charge on any atom is 0.273 e. The minimum Gasteiger partial charge on any atom is -0.454 e. The lowest BCUT2D eigenvalue weighted by atomic mass is 9.84. The van der Waals surface area contributed by atoms with Crippen LogP contribution in [0, 0.1) is 0 Å². The van der Waals surface area contributed by atoms with Crippen molar-refractivity contribution in [3.63, 3.8) is 0 Å². The Bertz CT molecular complexity index is 810. The molecule has 0 spiro atoms. The normalized spacial score (nSPS) is 15.8. The number of ether oxygens (including phenoxy) is 2. The summed E-state index contributed by atoms with van der Waals surface area (Å²) >= 11 is 0. The highest BCUT2D eigenvalue weighted by Crippen LogP contribution is 2.36. The Morgan fingerprint density at radius 3 is 2.88 bits per heavy atom. The number of hydrogen-bond acceptors (Lipinski definition) is 5. The van der Waals surface area contributed by atoms with Gasteiger partial charge in [0.2, 0.25) is 6.79 Å². The summed E-state index contributed by atoms with van der Waals surface area (Å²) in [7, 11) is 0. The Morgan fingerprint density at radius 2 is 2.00 bits per heavy atom. The first-order valence-corrected chi connectivity index (χ1v) is 8.70. The van der Waals surface area contributed by atoms with E-state index < -0.39 is 0 Å². The fourth-order valence-corrected chi connectivity index (χ4v) is 3.37. The molecule has 0 bridgehead atoms. The molecular formula is C19H22N2O4. The Balaban J connectivity index is 1.46. The van der Waals surface area contributed by atoms with Gasteiger partial charge in [0.05, 0.1) is 0 Å². The summed E-state index contributed by atoms with van der Waals surface area (Å²) in [4.78, 5) is 12.6. The number of carbonyl (C=O) groups excluding carboxylic acids is 1. The van der Waals surface area contributed by atoms with E-state index in [0.717, 1.165) is 54.1 Å². The van der Waals surface area contributed by atoms with Crippen LogP contribution in [0.15, 0.2) is 22.7 Å². The Morgan fingerprint density at radius 1 is 1.20 bits per heavy atom. The maximum atomic E-state index is 12.6. The molecule has 0 saturated heterocycles. The van der Waals surface area contributed by atoms with Crippen molar-refractivity contribution in [2.75, 3.05) is 13.3 Å². The molecule has 6 heteroatoms. The van der Waals surface area contributed by atoms with E-state index in [1.54, 1.807) is 0 Å². The molecule has 0 atom stereocenters. The van der Waals surface area contributed by atoms with Gasteiger partial charge >= 0.3 is 0 Å². The van der Waals surface area contributed by atoms with E-state index in [2.05, 4.69) is 24.3 Å². The van der Waals surface area contributed by atoms with Crippen LogP contribution in [-0.2, 0) is 18.3 Å². The molecule has 1 N–H and O–H groups in total. The summed E-state index contributed by atoms with van der Waals surface area (Å²) in [6.07, 6.45) is 3.92. The monoisotopic (exact) mass is 342 g/mol. The van der Waals surface area contributed by atoms with Gasteiger partial charge in [0.25, 0.3) is 5.91 Å². The molecule has 2 heterocycles. The molecule has 1 aromatic carbocycles. The lowest BCUT2D eigenvalue weighted by Crippen LogP contribution is -2.37. The topological polar surface area (TPSA) is 73.6 Å². The van der Waals surface area contributed by atoms with Crippen LogP contribution in [0.5, 0.6) is 11.5 Å². The molecule has 0 radical (unpaired) electrons. The highest BCUT2D eigenvalue weighted by atomic mass is 16.7. The molecule has 0 unspecified atom stereocenters. The number of nitrogens with zero attached hydrogens (tertiary/aromatic N) is 1. The minimum absolute atomic E-state index is 0.166. The average Bonchev–Trinajstić information content (AvgIpc) is 3.25. The molecule has 25 heavy (non-hydrogen) atoms. The van der Waals surface area contributed by atoms with Crippen LogP contribution in [0.3, 0.4) is 0 Å². The lowest BCUT2D eigenvalue weighted by molar-refractivity contribution is 0.0935. The third-order valence-electron chi connectivity index (χ3n) is 5.01. The van der Waals surface area contributed by atoms with Crippen LogP contribution < -0.4 is 14.8 Å². The molecule has 2 aliphatic rings. The van der Waals surface area contributed by atoms with Gasteiger partial charge in [-0.3, -0.25) is 4.79 Å². The zero-order chi connectivity index (χ0) is 17.4. The molecule has 0 saturated carbocycles. The van der Waals surface area contributed by atoms with Gasteiger partial charge in [0.1, 0.15) is 5.76 Å². The van der Waals surface area contributed by atoms with Crippen molar-refractivity contribution in [2.45, 2.75) is 44.9 Å². The van der Waals surface area contributed by atoms with Crippen molar-refractivity contribution in [1.29, 1.82) is 0 Å². The van der Waals surface area contributed by atoms with Gasteiger partial charge in [0, 0.05) is 23.9 Å². The minimum atomic E-state index is -0.250. The van der Waals surface area contributed by atoms with Gasteiger partial charge in [-0.2, -0.15) is 0 Å². The van der Waals surface area contributed by atoms with Gasteiger partial charge in [0.15, 0.2) is 17.2 Å². The molecule has 1 aromatic heterocycles. The third-order valence-corrected chi connectivity index (χ3v) is 5.01. The number of amides is 1. The third kappa shape index (κ3) is 2.97. The van der Waals surface area contributed by atoms with Gasteiger partial charge in [-0.1, -0.05) is 25.1 Å². The Labute approximate surface area is 146 Å². The molecule has 4 rings (SSSR count). The molecule has 1 aliphatic carbocycles. The fraction of sp³-hybridized carbons (Fsp3) is 0.474. The number of benzene rings is 1. The van der Waals surface area contributed by atoms with E-state index in [9.17, 15) is 4.79 Å². The number of hydrogen-bond donors (Lipinski definition) is 1. The van der Waals surface area contributed by atoms with Crippen molar-refractivity contribution in [3.8, 4) is 11.5 Å². The first-order valence-electron chi connectivity index (χ1n) is 8.70. The van der Waals surface area contributed by atoms with E-state index in [-0.39, 0.29) is 18.1 Å². The molecule has 1 aliphatic heterocycles. The summed E-state index contributed by atoms with van der Waals surface area (Å²) in [5.74, 6) is 2.22. The average molecular weight is 342 g/mol. The SMILES string of the molecule is CC(C)(CNC(=O)c1noc2c1CCCC2)c1ccc2c(c1)OCO2. The molecule has 132 valence electrons. The molecule has 6 nitrogen and oxygen atoms in total. The number of fused-ring (bicyclic) bond motifs is 2. The summed E-state index contributed by atoms with van der Waals surface area (Å²) in [6.45, 7) is 4.92. The van der Waals surface area contributed by atoms with Crippen molar-refractivity contribution in [2.24, 2.45) is 0 Å². The second kappa shape index (κ2) is 6.10. The highest BCUT2D eigenvalue weighted by Gasteiger charge is 2.28. The Hall–Kier alpha value is -2.50. The van der Waals surface area contributed by atoms with Crippen LogP contribution in [0.1, 0.15) is 54.1 Å². The number of aromatic nitrogens is 1. The number of rotatable bonds is 4. The number of aryl methyl sites for hydroxylation is 1. The smallest absolute Gasteiger partial charge is 0.273 e. The molecule has 2 aromatic rings. The fourth-order valence-electron chi connectivity index (χ4n) is 3.37. The standard InChI is InChI=1S/C19H22N2O4/c1-19(2,12-7-8-15-16(9-12)24-11-23-15)10-20-18(22)17-13-5-3-4-6-14(13)25-21-17/h7-9H,3-6,10-11H2,1-2H3,(H,20,22). The lowest BCUT2D eigenvalue weighted by Gasteiger charge is -2.25. The molecule has 1 amide bonds. The van der Waals surface area contributed by atoms with E-state index in [1.807, 2.05) is 18.2 Å². The van der Waals surface area contributed by atoms with Gasteiger partial charge in [-0.15, -0.1) is 0 Å². The summed E-state index contributed by atoms with van der Waals surface area (Å²) in [5, 5.41) is 7.00. The second-order valence-corrected chi connectivity index (χ2v) is 7.27. The van der Waals surface area contributed by atoms with Crippen LogP contribution in [-0.4, -0.2) is 24.4 Å². The van der Waals surface area contributed by atoms with Crippen LogP contribution >= 0.6 is 0 Å². The predicted molar refractivity (Wildman–Crippen MR) is 91.1 cm³/mol. The summed E-state index contributed by atoms with van der Waals surface area (Å²) < 4.78 is 16.1. The van der Waals surface area contributed by atoms with Crippen molar-refractivity contribution in [3.05, 3.63) is 40.8 Å². The number of nitrogens with one attached hydrogen (secondary N) is 1. The van der Waals surface area contributed by atoms with Crippen molar-refractivity contribution >= 4 is 5.91 Å². The highest BCUT2D eigenvalue weighted by molar-refractivity contribution is 5.93. The van der Waals surface area contributed by atoms with Gasteiger partial charge in [-0.05, 0) is 37.0 Å². The largest absolute Gasteiger partial charge is 0.454 e. The predicted octanol–water partition coefficient (Wildman–Crippen LogP) is 2.99. The summed E-state index contributed by atoms with van der Waals surface area (Å²) in [6, 6.07) is 5.90. The van der Waals surface area contributed by atoms with Gasteiger partial charge in [-0.25, -0.2) is 0 Å². The zero-order valence-electron chi connectivity index (χ0n) is 14.6. The van der Waals surface area contributed by atoms with Crippen LogP contribution in [0.4, 0.5) is 0 Å². The summed E-state index contributed by atoms with van der Waals surface area (Å²) in [5.41, 5.74) is 2.25. The number of carbonyl (C=O) groups is 1. The molecular weight excluding hydrogens is 320 g/mol. The van der Waals surface area contributed by atoms with E-state index in [1.165, 1.54) is 0 Å². The zero-order valence-corrected chi connectivity index (χ0v) is 14.6.